The Bertz CT molecular complexity index is 177. The number of nitrogens with zero attached hydrogens (tertiary/aromatic N) is 1. The van der Waals surface area contributed by atoms with Crippen LogP contribution in [0.25, 0.3) is 0 Å². The molecule has 0 bridgehead atoms. The first-order valence-corrected chi connectivity index (χ1v) is 3.62. The van der Waals surface area contributed by atoms with Gasteiger partial charge in [0.25, 0.3) is 0 Å². The molecule has 7 heteroatoms. The third-order valence-electron chi connectivity index (χ3n) is 0.477. The molecular formula is C3H7LiNO4P. The van der Waals surface area contributed by atoms with Crippen molar-refractivity contribution in [1.29, 1.82) is 5.26 Å². The molecule has 0 saturated heterocycles. The largest absolute Gasteiger partial charge is 1.00 e. The second-order valence-electron chi connectivity index (χ2n) is 1.37. The van der Waals surface area contributed by atoms with Gasteiger partial charge in [0.15, 0.2) is 6.10 Å². The molecule has 0 rings (SSSR count). The molecule has 0 aliphatic rings. The van der Waals surface area contributed by atoms with Crippen molar-refractivity contribution < 1.29 is 39.2 Å². The Morgan fingerprint density at radius 1 is 1.80 bits per heavy atom. The van der Waals surface area contributed by atoms with Crippen molar-refractivity contribution in [1.82, 2.24) is 0 Å². The van der Waals surface area contributed by atoms with E-state index < -0.39 is 13.9 Å². The summed E-state index contributed by atoms with van der Waals surface area (Å²) in [7, 11) is -4.46. The van der Waals surface area contributed by atoms with Crippen LogP contribution < -0.4 is 18.9 Å². The van der Waals surface area contributed by atoms with Crippen LogP contribution in [0.5, 0.6) is 0 Å². The Kier molecular flexibility index (Phi) is 6.33. The maximum atomic E-state index is 9.92. The Morgan fingerprint density at radius 2 is 2.20 bits per heavy atom. The predicted molar refractivity (Wildman–Crippen MR) is 29.3 cm³/mol. The molecule has 0 aromatic heterocycles. The molecule has 0 radical (unpaired) electrons. The minimum absolute atomic E-state index is 0. The zero-order valence-corrected chi connectivity index (χ0v) is 6.58. The molecule has 0 aliphatic heterocycles. The Labute approximate surface area is 71.9 Å². The maximum absolute atomic E-state index is 9.92. The van der Waals surface area contributed by atoms with E-state index in [1.165, 1.54) is 13.0 Å². The van der Waals surface area contributed by atoms with Crippen LogP contribution in [-0.4, -0.2) is 15.9 Å². The van der Waals surface area contributed by atoms with E-state index >= 15 is 0 Å². The van der Waals surface area contributed by atoms with Crippen LogP contribution >= 0.6 is 7.82 Å². The molecule has 2 N–H and O–H groups in total. The third kappa shape index (κ3) is 8.20. The van der Waals surface area contributed by atoms with Gasteiger partial charge in [-0.1, -0.05) is 0 Å². The molecule has 1 atom stereocenters. The van der Waals surface area contributed by atoms with E-state index in [1.807, 2.05) is 0 Å². The standard InChI is InChI=1S/C3H6NO4P.Li.H/c1-3(2-4)8-9(5,6)7;;/h3H,1H3,(H2,5,6,7);;/q;+1;-1. The van der Waals surface area contributed by atoms with Crippen molar-refractivity contribution in [2.45, 2.75) is 13.0 Å². The van der Waals surface area contributed by atoms with E-state index in [1.54, 1.807) is 0 Å². The Hall–Kier alpha value is 0.197. The molecule has 5 nitrogen and oxygen atoms in total. The first-order valence-electron chi connectivity index (χ1n) is 2.09. The summed E-state index contributed by atoms with van der Waals surface area (Å²) in [5, 5.41) is 7.98. The minimum atomic E-state index is -4.46. The smallest absolute Gasteiger partial charge is 1.00 e. The summed E-state index contributed by atoms with van der Waals surface area (Å²) in [5.74, 6) is 0. The fourth-order valence-electron chi connectivity index (χ4n) is 0.230. The predicted octanol–water partition coefficient (Wildman–Crippen LogP) is -2.88. The van der Waals surface area contributed by atoms with Gasteiger partial charge in [-0.3, -0.25) is 4.52 Å². The van der Waals surface area contributed by atoms with Crippen LogP contribution in [0.3, 0.4) is 0 Å². The van der Waals surface area contributed by atoms with E-state index in [-0.39, 0.29) is 20.3 Å². The van der Waals surface area contributed by atoms with E-state index in [9.17, 15) is 4.57 Å². The summed E-state index contributed by atoms with van der Waals surface area (Å²) >= 11 is 0. The van der Waals surface area contributed by atoms with Gasteiger partial charge in [-0.2, -0.15) is 5.26 Å². The van der Waals surface area contributed by atoms with Gasteiger partial charge in [0.1, 0.15) is 0 Å². The molecule has 1 unspecified atom stereocenters. The summed E-state index contributed by atoms with van der Waals surface area (Å²) < 4.78 is 13.8. The summed E-state index contributed by atoms with van der Waals surface area (Å²) in [6, 6.07) is 1.51. The van der Waals surface area contributed by atoms with Gasteiger partial charge in [0.05, 0.1) is 6.07 Å². The average Bonchev–Trinajstić information content (AvgIpc) is 1.62. The number of phosphoric ester groups is 1. The van der Waals surface area contributed by atoms with Gasteiger partial charge < -0.3 is 11.2 Å². The molecule has 10 heavy (non-hydrogen) atoms. The van der Waals surface area contributed by atoms with E-state index in [0.29, 0.717) is 0 Å². The van der Waals surface area contributed by atoms with Crippen LogP contribution in [0.2, 0.25) is 0 Å². The van der Waals surface area contributed by atoms with Crippen molar-refractivity contribution in [3.05, 3.63) is 0 Å². The Balaban J connectivity index is -0.000000320. The monoisotopic (exact) mass is 159 g/mol. The van der Waals surface area contributed by atoms with Crippen LogP contribution in [0.4, 0.5) is 0 Å². The fourth-order valence-corrected chi connectivity index (χ4v) is 0.689. The van der Waals surface area contributed by atoms with E-state index in [0.717, 1.165) is 0 Å². The normalized spacial score (nSPS) is 13.0. The molecule has 0 aromatic carbocycles. The fraction of sp³-hybridized carbons (Fsp3) is 0.667. The maximum Gasteiger partial charge on any atom is 1.00 e. The molecule has 0 aliphatic carbocycles. The van der Waals surface area contributed by atoms with Crippen molar-refractivity contribution >= 4 is 7.82 Å². The average molecular weight is 159 g/mol. The van der Waals surface area contributed by atoms with Crippen LogP contribution in [0.15, 0.2) is 0 Å². The number of nitriles is 1. The van der Waals surface area contributed by atoms with Gasteiger partial charge >= 0.3 is 26.7 Å². The zero-order valence-electron chi connectivity index (χ0n) is 6.68. The SMILES string of the molecule is CC(C#N)OP(=O)(O)O.[H-].[Li+]. The minimum Gasteiger partial charge on any atom is -1.00 e. The van der Waals surface area contributed by atoms with Crippen molar-refractivity contribution in [3.63, 3.8) is 0 Å². The topological polar surface area (TPSA) is 90.5 Å². The summed E-state index contributed by atoms with van der Waals surface area (Å²) in [6.07, 6.45) is -1.06. The number of rotatable bonds is 2. The van der Waals surface area contributed by atoms with Crippen molar-refractivity contribution in [2.75, 3.05) is 0 Å². The van der Waals surface area contributed by atoms with Crippen molar-refractivity contribution in [2.24, 2.45) is 0 Å². The summed E-state index contributed by atoms with van der Waals surface area (Å²) in [5.41, 5.74) is 0. The number of phosphoric acid groups is 1. The number of hydrogen-bond donors (Lipinski definition) is 2. The second-order valence-corrected chi connectivity index (χ2v) is 2.56. The first-order chi connectivity index (χ1) is 3.95. The molecule has 54 valence electrons. The van der Waals surface area contributed by atoms with Crippen LogP contribution in [-0.2, 0) is 9.09 Å². The molecule has 0 amide bonds. The Morgan fingerprint density at radius 3 is 2.30 bits per heavy atom. The first kappa shape index (κ1) is 12.8. The molecular weight excluding hydrogens is 152 g/mol. The van der Waals surface area contributed by atoms with Gasteiger partial charge in [-0.15, -0.1) is 0 Å². The molecule has 0 fully saturated rings. The van der Waals surface area contributed by atoms with Crippen LogP contribution in [0, 0.1) is 11.3 Å². The third-order valence-corrected chi connectivity index (χ3v) is 1.07. The van der Waals surface area contributed by atoms with E-state index in [2.05, 4.69) is 4.52 Å². The van der Waals surface area contributed by atoms with Crippen molar-refractivity contribution in [3.8, 4) is 6.07 Å². The quantitative estimate of drug-likeness (QED) is 0.333. The molecule has 0 heterocycles. The zero-order chi connectivity index (χ0) is 7.49. The second kappa shape index (κ2) is 4.93. The van der Waals surface area contributed by atoms with E-state index in [4.69, 9.17) is 15.0 Å². The van der Waals surface area contributed by atoms with Gasteiger partial charge in [0.2, 0.25) is 0 Å². The van der Waals surface area contributed by atoms with Gasteiger partial charge in [-0.05, 0) is 6.92 Å². The summed E-state index contributed by atoms with van der Waals surface area (Å²) in [6.45, 7) is 1.25. The molecule has 0 aromatic rings. The number of hydrogen-bond acceptors (Lipinski definition) is 3. The molecule has 0 spiro atoms. The summed E-state index contributed by atoms with van der Waals surface area (Å²) in [4.78, 5) is 16.1. The van der Waals surface area contributed by atoms with Gasteiger partial charge in [0, 0.05) is 0 Å². The van der Waals surface area contributed by atoms with Gasteiger partial charge in [-0.25, -0.2) is 4.57 Å². The molecule has 0 saturated carbocycles. The van der Waals surface area contributed by atoms with Crippen LogP contribution in [0.1, 0.15) is 8.35 Å².